The molecule has 0 aliphatic carbocycles. The lowest BCUT2D eigenvalue weighted by Crippen LogP contribution is -2.35. The van der Waals surface area contributed by atoms with Crippen LogP contribution in [-0.4, -0.2) is 31.7 Å². The summed E-state index contributed by atoms with van der Waals surface area (Å²) in [4.78, 5) is 13.4. The molecule has 9 nitrogen and oxygen atoms in total. The summed E-state index contributed by atoms with van der Waals surface area (Å²) in [6, 6.07) is 28.5. The van der Waals surface area contributed by atoms with E-state index in [9.17, 15) is 17.8 Å². The van der Waals surface area contributed by atoms with Crippen molar-refractivity contribution in [3.8, 4) is 5.75 Å². The van der Waals surface area contributed by atoms with Gasteiger partial charge in [0.2, 0.25) is 10.0 Å². The monoisotopic (exact) mass is 654 g/mol. The molecule has 1 amide bonds. The highest BCUT2D eigenvalue weighted by atomic mass is 35.5. The van der Waals surface area contributed by atoms with Crippen LogP contribution >= 0.6 is 19.4 Å². The Morgan fingerprint density at radius 1 is 0.795 bits per heavy atom. The highest BCUT2D eigenvalue weighted by Crippen LogP contribution is 2.52. The number of phosphoric ester groups is 1. The summed E-state index contributed by atoms with van der Waals surface area (Å²) in [7, 11) is -8.01. The summed E-state index contributed by atoms with van der Waals surface area (Å²) in [6.45, 7) is 0.780. The molecular formula is C32H32ClN2O7PS. The molecular weight excluding hydrogens is 623 g/mol. The molecule has 0 unspecified atom stereocenters. The van der Waals surface area contributed by atoms with Gasteiger partial charge in [-0.1, -0.05) is 84.8 Å². The zero-order valence-corrected chi connectivity index (χ0v) is 26.3. The average Bonchev–Trinajstić information content (AvgIpc) is 3.06. The van der Waals surface area contributed by atoms with Gasteiger partial charge >= 0.3 is 7.82 Å². The molecule has 0 atom stereocenters. The Hall–Kier alpha value is -3.50. The summed E-state index contributed by atoms with van der Waals surface area (Å²) in [6.07, 6.45) is 2.58. The molecule has 1 saturated heterocycles. The Morgan fingerprint density at radius 2 is 1.41 bits per heavy atom. The molecule has 1 fully saturated rings. The second-order valence-corrected chi connectivity index (χ2v) is 14.1. The van der Waals surface area contributed by atoms with Gasteiger partial charge in [0.25, 0.3) is 5.91 Å². The second-order valence-electron chi connectivity index (χ2n) is 10.1. The number of anilines is 1. The number of nitrogens with zero attached hydrogens (tertiary/aromatic N) is 1. The van der Waals surface area contributed by atoms with Crippen LogP contribution in [0.25, 0.3) is 0 Å². The van der Waals surface area contributed by atoms with Gasteiger partial charge in [0.1, 0.15) is 0 Å². The van der Waals surface area contributed by atoms with Gasteiger partial charge in [-0.05, 0) is 60.4 Å². The number of carbonyl (C=O) groups is 1. The predicted molar refractivity (Wildman–Crippen MR) is 169 cm³/mol. The molecule has 12 heteroatoms. The van der Waals surface area contributed by atoms with Crippen LogP contribution in [0, 0.1) is 0 Å². The van der Waals surface area contributed by atoms with Crippen LogP contribution in [0.5, 0.6) is 5.75 Å². The Morgan fingerprint density at radius 3 is 2.02 bits per heavy atom. The van der Waals surface area contributed by atoms with Gasteiger partial charge < -0.3 is 9.84 Å². The first-order valence-corrected chi connectivity index (χ1v) is 17.4. The number of amides is 1. The van der Waals surface area contributed by atoms with Crippen molar-refractivity contribution in [1.82, 2.24) is 4.31 Å². The Kier molecular flexibility index (Phi) is 10.5. The number of hydrogen-bond donors (Lipinski definition) is 1. The smallest absolute Gasteiger partial charge is 0.402 e. The van der Waals surface area contributed by atoms with Gasteiger partial charge in [0.15, 0.2) is 5.75 Å². The number of sulfonamides is 1. The lowest BCUT2D eigenvalue weighted by atomic mass is 10.2. The van der Waals surface area contributed by atoms with Crippen molar-refractivity contribution in [2.24, 2.45) is 0 Å². The maximum absolute atomic E-state index is 13.9. The minimum atomic E-state index is -4.25. The zero-order valence-electron chi connectivity index (χ0n) is 23.8. The molecule has 0 aromatic heterocycles. The fraction of sp³-hybridized carbons (Fsp3) is 0.219. The van der Waals surface area contributed by atoms with Crippen LogP contribution in [0.3, 0.4) is 0 Å². The largest absolute Gasteiger partial charge is 0.530 e. The molecule has 1 aliphatic heterocycles. The van der Waals surface area contributed by atoms with E-state index in [2.05, 4.69) is 5.32 Å². The van der Waals surface area contributed by atoms with E-state index in [-0.39, 0.29) is 40.1 Å². The lowest BCUT2D eigenvalue weighted by Gasteiger charge is -2.26. The first-order valence-electron chi connectivity index (χ1n) is 14.1. The minimum absolute atomic E-state index is 0.00991. The van der Waals surface area contributed by atoms with Gasteiger partial charge in [-0.25, -0.2) is 13.0 Å². The van der Waals surface area contributed by atoms with Crippen molar-refractivity contribution >= 4 is 41.0 Å². The molecule has 4 aromatic rings. The third-order valence-corrected chi connectivity index (χ3v) is 10.4. The SMILES string of the molecule is O=C(Nc1cc(Cl)ccc1OP(=O)(OCc1ccccc1)OCc1ccccc1)c1cccc(S(=O)(=O)N2CCCCC2)c1. The van der Waals surface area contributed by atoms with Crippen molar-refractivity contribution in [3.05, 3.63) is 125 Å². The van der Waals surface area contributed by atoms with E-state index in [1.807, 2.05) is 60.7 Å². The van der Waals surface area contributed by atoms with Gasteiger partial charge in [-0.2, -0.15) is 4.31 Å². The normalized spacial score (nSPS) is 14.2. The topological polar surface area (TPSA) is 111 Å². The van der Waals surface area contributed by atoms with E-state index in [1.54, 1.807) is 0 Å². The molecule has 1 N–H and O–H groups in total. The number of benzene rings is 4. The Bertz CT molecular complexity index is 1690. The average molecular weight is 655 g/mol. The fourth-order valence-electron chi connectivity index (χ4n) is 4.59. The van der Waals surface area contributed by atoms with E-state index >= 15 is 0 Å². The summed E-state index contributed by atoms with van der Waals surface area (Å²) in [5, 5.41) is 2.98. The van der Waals surface area contributed by atoms with Crippen molar-refractivity contribution in [2.75, 3.05) is 18.4 Å². The molecule has 44 heavy (non-hydrogen) atoms. The van der Waals surface area contributed by atoms with Crippen LogP contribution < -0.4 is 9.84 Å². The third-order valence-electron chi connectivity index (χ3n) is 6.91. The third kappa shape index (κ3) is 8.35. The number of phosphoric acid groups is 1. The Labute approximate surface area is 262 Å². The summed E-state index contributed by atoms with van der Waals surface area (Å²) in [5.74, 6) is -0.623. The maximum Gasteiger partial charge on any atom is 0.530 e. The van der Waals surface area contributed by atoms with E-state index in [4.69, 9.17) is 25.2 Å². The molecule has 1 heterocycles. The van der Waals surface area contributed by atoms with E-state index in [1.165, 1.54) is 46.8 Å². The number of halogens is 1. The summed E-state index contributed by atoms with van der Waals surface area (Å²) < 4.78 is 59.1. The number of piperidine rings is 1. The van der Waals surface area contributed by atoms with Gasteiger partial charge in [-0.3, -0.25) is 13.8 Å². The highest BCUT2D eigenvalue weighted by molar-refractivity contribution is 7.89. The minimum Gasteiger partial charge on any atom is -0.402 e. The van der Waals surface area contributed by atoms with E-state index in [0.717, 1.165) is 30.4 Å². The van der Waals surface area contributed by atoms with E-state index in [0.29, 0.717) is 13.1 Å². The van der Waals surface area contributed by atoms with Gasteiger partial charge in [0.05, 0.1) is 23.8 Å². The van der Waals surface area contributed by atoms with Crippen molar-refractivity contribution in [2.45, 2.75) is 37.4 Å². The molecule has 0 spiro atoms. The van der Waals surface area contributed by atoms with Gasteiger partial charge in [0, 0.05) is 23.7 Å². The van der Waals surface area contributed by atoms with Crippen LogP contribution in [0.4, 0.5) is 5.69 Å². The lowest BCUT2D eigenvalue weighted by molar-refractivity contribution is 0.102. The zero-order chi connectivity index (χ0) is 31.0. The maximum atomic E-state index is 13.9. The molecule has 0 bridgehead atoms. The predicted octanol–water partition coefficient (Wildman–Crippen LogP) is 7.69. The number of carbonyl (C=O) groups excluding carboxylic acids is 1. The molecule has 4 aromatic carbocycles. The van der Waals surface area contributed by atoms with Crippen LogP contribution in [0.2, 0.25) is 5.02 Å². The van der Waals surface area contributed by atoms with Crippen molar-refractivity contribution in [3.63, 3.8) is 0 Å². The van der Waals surface area contributed by atoms with Crippen LogP contribution in [-0.2, 0) is 36.8 Å². The summed E-state index contributed by atoms with van der Waals surface area (Å²) >= 11 is 6.25. The molecule has 230 valence electrons. The molecule has 0 saturated carbocycles. The fourth-order valence-corrected chi connectivity index (χ4v) is 7.52. The molecule has 0 radical (unpaired) electrons. The second kappa shape index (κ2) is 14.5. The first-order chi connectivity index (χ1) is 21.2. The number of hydrogen-bond acceptors (Lipinski definition) is 7. The highest BCUT2D eigenvalue weighted by Gasteiger charge is 2.31. The number of nitrogens with one attached hydrogen (secondary N) is 1. The summed E-state index contributed by atoms with van der Waals surface area (Å²) in [5.41, 5.74) is 1.71. The number of rotatable bonds is 12. The molecule has 1 aliphatic rings. The van der Waals surface area contributed by atoms with Crippen LogP contribution in [0.1, 0.15) is 40.7 Å². The van der Waals surface area contributed by atoms with Crippen molar-refractivity contribution in [1.29, 1.82) is 0 Å². The van der Waals surface area contributed by atoms with Crippen molar-refractivity contribution < 1.29 is 31.3 Å². The quantitative estimate of drug-likeness (QED) is 0.156. The Balaban J connectivity index is 1.37. The standard InChI is InChI=1S/C32H32ClN2O7PS/c33-28-17-18-31(42-43(37,40-23-25-11-4-1-5-12-25)41-24-26-13-6-2-7-14-26)30(22-28)34-32(36)27-15-10-16-29(21-27)44(38,39)35-19-8-3-9-20-35/h1-2,4-7,10-18,21-22H,3,8-9,19-20,23-24H2,(H,34,36). The van der Waals surface area contributed by atoms with E-state index < -0.39 is 23.8 Å². The van der Waals surface area contributed by atoms with Crippen LogP contribution in [0.15, 0.2) is 108 Å². The van der Waals surface area contributed by atoms with Gasteiger partial charge in [-0.15, -0.1) is 0 Å². The first kappa shape index (κ1) is 31.9. The molecule has 5 rings (SSSR count).